The Morgan fingerprint density at radius 2 is 1.86 bits per heavy atom. The maximum Gasteiger partial charge on any atom is 0.305 e. The average molecular weight is 724 g/mol. The predicted octanol–water partition coefficient (Wildman–Crippen LogP) is 0.107. The Hall–Kier alpha value is -3.36. The van der Waals surface area contributed by atoms with Crippen molar-refractivity contribution in [3.63, 3.8) is 0 Å². The lowest BCUT2D eigenvalue weighted by atomic mass is 9.82. The molecule has 18 heteroatoms. The number of carbonyl (C=O) groups excluding carboxylic acids is 3. The number of aryl methyl sites for hydroxylation is 1. The molecule has 3 aliphatic rings. The lowest BCUT2D eigenvalue weighted by Crippen LogP contribution is -2.60. The molecule has 0 aliphatic carbocycles. The Kier molecular flexibility index (Phi) is 11.4. The monoisotopic (exact) mass is 723 g/mol. The molecule has 6 N–H and O–H groups in total. The fourth-order valence-electron chi connectivity index (χ4n) is 7.49. The van der Waals surface area contributed by atoms with Crippen molar-refractivity contribution >= 4 is 37.6 Å². The van der Waals surface area contributed by atoms with E-state index in [0.29, 0.717) is 49.2 Å². The van der Waals surface area contributed by atoms with Crippen molar-refractivity contribution in [1.29, 1.82) is 0 Å². The number of hydrogen-bond acceptors (Lipinski definition) is 13. The molecule has 0 saturated carbocycles. The number of hydrogen-bond donors (Lipinski definition) is 6. The molecule has 0 radical (unpaired) electrons. The Labute approximate surface area is 289 Å². The van der Waals surface area contributed by atoms with Crippen molar-refractivity contribution in [1.82, 2.24) is 15.0 Å². The van der Waals surface area contributed by atoms with E-state index in [1.165, 1.54) is 13.2 Å². The first kappa shape index (κ1) is 37.9. The summed E-state index contributed by atoms with van der Waals surface area (Å²) in [6.07, 6.45) is -6.47. The van der Waals surface area contributed by atoms with E-state index in [9.17, 15) is 39.9 Å². The lowest BCUT2D eigenvalue weighted by Gasteiger charge is -2.37. The van der Waals surface area contributed by atoms with Crippen LogP contribution in [0.15, 0.2) is 24.4 Å². The molecule has 1 spiro atoms. The van der Waals surface area contributed by atoms with Crippen molar-refractivity contribution < 1.29 is 58.2 Å². The van der Waals surface area contributed by atoms with Crippen LogP contribution in [0.2, 0.25) is 18.6 Å². The van der Waals surface area contributed by atoms with Crippen LogP contribution in [0.3, 0.4) is 0 Å². The molecule has 4 heterocycles. The summed E-state index contributed by atoms with van der Waals surface area (Å²) in [6.45, 7) is 5.41. The second kappa shape index (κ2) is 15.1. The zero-order valence-electron chi connectivity index (χ0n) is 28.4. The van der Waals surface area contributed by atoms with Crippen molar-refractivity contribution in [2.75, 3.05) is 30.5 Å². The molecular weight excluding hydrogens is 677 g/mol. The number of halogens is 1. The van der Waals surface area contributed by atoms with E-state index in [2.05, 4.69) is 15.6 Å². The van der Waals surface area contributed by atoms with E-state index in [4.69, 9.17) is 14.2 Å². The van der Waals surface area contributed by atoms with Crippen LogP contribution in [-0.4, -0.2) is 124 Å². The van der Waals surface area contributed by atoms with Crippen LogP contribution in [0, 0.1) is 5.92 Å². The molecule has 16 nitrogen and oxygen atoms in total. The second-order valence-electron chi connectivity index (χ2n) is 13.6. The van der Waals surface area contributed by atoms with Gasteiger partial charge in [0.05, 0.1) is 24.6 Å². The number of nitrogens with zero attached hydrogens (tertiary/aromatic N) is 4. The first-order valence-corrected chi connectivity index (χ1v) is 19.7. The lowest BCUT2D eigenvalue weighted by molar-refractivity contribution is -0.274. The minimum atomic E-state index is -3.51. The smallest absolute Gasteiger partial charge is 0.305 e. The Morgan fingerprint density at radius 3 is 2.54 bits per heavy atom. The first-order chi connectivity index (χ1) is 23.6. The van der Waals surface area contributed by atoms with E-state index < -0.39 is 74.1 Å². The van der Waals surface area contributed by atoms with Crippen LogP contribution in [0.1, 0.15) is 43.9 Å². The van der Waals surface area contributed by atoms with E-state index in [0.717, 1.165) is 0 Å². The average Bonchev–Trinajstić information content (AvgIpc) is 3.72. The van der Waals surface area contributed by atoms with Gasteiger partial charge in [0, 0.05) is 61.4 Å². The number of amides is 2. The molecule has 2 fully saturated rings. The highest BCUT2D eigenvalue weighted by Crippen LogP contribution is 2.60. The van der Waals surface area contributed by atoms with Crippen LogP contribution in [-0.2, 0) is 47.2 Å². The highest BCUT2D eigenvalue weighted by Gasteiger charge is 2.66. The van der Waals surface area contributed by atoms with Gasteiger partial charge < -0.3 is 54.1 Å². The molecule has 2 amide bonds. The number of carbonyl (C=O) groups is 3. The standard InChI is InChI=1S/C32H46FN5O11Si/c1-17-28(50(3,4)33)22(10-13-37-16-19(11-14-39)35-36-37)49-32(17)20-15-18(34-29(44)27-25(42)24(41)26(43)30(45)48-27)8-9-21(20)38(31(32)46)12-6-5-7-23(40)47-2/h8-9,15-17,22,24-28,30,39,41-43,45H,5-7,10-14H2,1-4H3,(H,34,44)/t17-,22+,24-,25-,26+,27-,28-,30+,32+/m0/s1. The topological polar surface area (TPSA) is 226 Å². The molecule has 1 aromatic carbocycles. The fourth-order valence-corrected chi connectivity index (χ4v) is 10.0. The van der Waals surface area contributed by atoms with E-state index in [-0.39, 0.29) is 31.2 Å². The van der Waals surface area contributed by atoms with Gasteiger partial charge >= 0.3 is 5.97 Å². The highest BCUT2D eigenvalue weighted by molar-refractivity contribution is 6.72. The molecule has 0 unspecified atom stereocenters. The molecule has 5 rings (SSSR count). The molecule has 276 valence electrons. The van der Waals surface area contributed by atoms with Crippen molar-refractivity contribution in [3.05, 3.63) is 35.7 Å². The first-order valence-electron chi connectivity index (χ1n) is 16.7. The summed E-state index contributed by atoms with van der Waals surface area (Å²) in [5.74, 6) is -2.35. The SMILES string of the molecule is COC(=O)CCCCN1C(=O)[C@]2(O[C@H](CCn3cc(CCO)nn3)[C@@H]([Si](C)(C)F)[C@@H]2C)c2cc(NC(=O)[C@H]3O[C@@H](O)[C@H](O)[C@@H](O)[C@@H]3O)ccc21. The number of fused-ring (bicyclic) bond motifs is 2. The maximum absolute atomic E-state index is 16.3. The molecule has 50 heavy (non-hydrogen) atoms. The summed E-state index contributed by atoms with van der Waals surface area (Å²) in [6, 6.07) is 4.70. The Balaban J connectivity index is 1.47. The molecule has 2 saturated heterocycles. The van der Waals surface area contributed by atoms with Gasteiger partial charge in [0.1, 0.15) is 18.3 Å². The predicted molar refractivity (Wildman–Crippen MR) is 176 cm³/mol. The van der Waals surface area contributed by atoms with Crippen LogP contribution < -0.4 is 10.2 Å². The number of aliphatic hydroxyl groups excluding tert-OH is 5. The molecule has 0 bridgehead atoms. The van der Waals surface area contributed by atoms with E-state index in [1.54, 1.807) is 47.9 Å². The van der Waals surface area contributed by atoms with Gasteiger partial charge in [-0.1, -0.05) is 12.1 Å². The fraction of sp³-hybridized carbons (Fsp3) is 0.656. The van der Waals surface area contributed by atoms with Gasteiger partial charge in [-0.25, -0.2) is 0 Å². The highest BCUT2D eigenvalue weighted by atomic mass is 28.4. The second-order valence-corrected chi connectivity index (χ2v) is 17.4. The number of nitrogens with one attached hydrogen (secondary N) is 1. The van der Waals surface area contributed by atoms with Gasteiger partial charge in [-0.05, 0) is 50.6 Å². The van der Waals surface area contributed by atoms with Gasteiger partial charge in [-0.3, -0.25) is 19.1 Å². The largest absolute Gasteiger partial charge is 0.469 e. The van der Waals surface area contributed by atoms with Crippen LogP contribution in [0.25, 0.3) is 0 Å². The van der Waals surface area contributed by atoms with Crippen molar-refractivity contribution in [3.8, 4) is 0 Å². The number of esters is 1. The minimum Gasteiger partial charge on any atom is -0.469 e. The van der Waals surface area contributed by atoms with Gasteiger partial charge in [-0.15, -0.1) is 5.10 Å². The molecule has 9 atom stereocenters. The molecule has 3 aliphatic heterocycles. The number of aromatic nitrogens is 3. The van der Waals surface area contributed by atoms with Gasteiger partial charge in [0.25, 0.3) is 11.8 Å². The molecular formula is C32H46FN5O11Si. The summed E-state index contributed by atoms with van der Waals surface area (Å²) < 4.78 is 34.4. The third-order valence-corrected chi connectivity index (χ3v) is 12.4. The van der Waals surface area contributed by atoms with Crippen LogP contribution in [0.4, 0.5) is 15.5 Å². The third kappa shape index (κ3) is 7.20. The minimum absolute atomic E-state index is 0.0847. The quantitative estimate of drug-likeness (QED) is 0.0699. The third-order valence-electron chi connectivity index (χ3n) is 9.91. The summed E-state index contributed by atoms with van der Waals surface area (Å²) in [5, 5.41) is 60.2. The summed E-state index contributed by atoms with van der Waals surface area (Å²) >= 11 is 0. The Morgan fingerprint density at radius 1 is 1.12 bits per heavy atom. The number of unbranched alkanes of at least 4 members (excludes halogenated alkanes) is 1. The van der Waals surface area contributed by atoms with Gasteiger partial charge in [0.15, 0.2) is 18.0 Å². The number of anilines is 2. The summed E-state index contributed by atoms with van der Waals surface area (Å²) in [7, 11) is -2.21. The summed E-state index contributed by atoms with van der Waals surface area (Å²) in [4.78, 5) is 41.1. The van der Waals surface area contributed by atoms with E-state index in [1.807, 2.05) is 0 Å². The summed E-state index contributed by atoms with van der Waals surface area (Å²) in [5.41, 5.74) is -0.596. The maximum atomic E-state index is 16.3. The molecule has 1 aromatic heterocycles. The zero-order chi connectivity index (χ0) is 36.5. The van der Waals surface area contributed by atoms with Crippen LogP contribution in [0.5, 0.6) is 0 Å². The van der Waals surface area contributed by atoms with E-state index >= 15 is 4.11 Å². The number of aliphatic hydroxyl groups is 5. The van der Waals surface area contributed by atoms with Crippen molar-refractivity contribution in [2.45, 2.75) is 107 Å². The normalized spacial score (nSPS) is 30.9. The number of ether oxygens (including phenoxy) is 3. The number of benzene rings is 1. The Bertz CT molecular complexity index is 1560. The zero-order valence-corrected chi connectivity index (χ0v) is 29.4. The number of rotatable bonds is 13. The van der Waals surface area contributed by atoms with Gasteiger partial charge in [-0.2, -0.15) is 0 Å². The number of methoxy groups -OCH3 is 1. The molecule has 2 aromatic rings. The van der Waals surface area contributed by atoms with Gasteiger partial charge in [0.2, 0.25) is 8.41 Å². The van der Waals surface area contributed by atoms with Crippen molar-refractivity contribution in [2.24, 2.45) is 5.92 Å². The van der Waals surface area contributed by atoms with Crippen LogP contribution >= 0.6 is 0 Å².